The summed E-state index contributed by atoms with van der Waals surface area (Å²) in [6.07, 6.45) is 0. The number of nitrogens with one attached hydrogen (secondary N) is 2. The lowest BCUT2D eigenvalue weighted by atomic mass is 10.2. The second-order valence-electron chi connectivity index (χ2n) is 5.59. The number of ether oxygens (including phenoxy) is 1. The summed E-state index contributed by atoms with van der Waals surface area (Å²) < 4.78 is 45.4. The van der Waals surface area contributed by atoms with E-state index < -0.39 is 27.8 Å². The number of carbonyl (C=O) groups is 1. The maximum absolute atomic E-state index is 13.3. The Morgan fingerprint density at radius 1 is 1.23 bits per heavy atom. The third-order valence-electron chi connectivity index (χ3n) is 3.62. The van der Waals surface area contributed by atoms with Gasteiger partial charge in [-0.15, -0.1) is 0 Å². The van der Waals surface area contributed by atoms with Crippen molar-refractivity contribution >= 4 is 33.2 Å². The Hall–Kier alpha value is -2.16. The van der Waals surface area contributed by atoms with Gasteiger partial charge in [0.25, 0.3) is 0 Å². The van der Waals surface area contributed by atoms with Crippen LogP contribution in [0.1, 0.15) is 12.5 Å². The molecule has 2 aromatic rings. The number of methoxy groups -OCH3 is 1. The van der Waals surface area contributed by atoms with Crippen molar-refractivity contribution in [2.75, 3.05) is 12.4 Å². The van der Waals surface area contributed by atoms with Gasteiger partial charge in [-0.1, -0.05) is 17.7 Å². The lowest BCUT2D eigenvalue weighted by molar-refractivity contribution is -0.117. The van der Waals surface area contributed by atoms with Crippen molar-refractivity contribution in [1.29, 1.82) is 0 Å². The Bertz CT molecular complexity index is 934. The zero-order valence-electron chi connectivity index (χ0n) is 14.3. The van der Waals surface area contributed by atoms with Crippen molar-refractivity contribution < 1.29 is 22.3 Å². The monoisotopic (exact) mass is 400 g/mol. The Balaban J connectivity index is 2.14. The zero-order chi connectivity index (χ0) is 19.5. The molecule has 6 nitrogen and oxygen atoms in total. The van der Waals surface area contributed by atoms with Crippen LogP contribution in [0, 0.1) is 12.7 Å². The van der Waals surface area contributed by atoms with Crippen molar-refractivity contribution in [1.82, 2.24) is 4.72 Å². The lowest BCUT2D eigenvalue weighted by Gasteiger charge is -2.16. The van der Waals surface area contributed by atoms with Crippen LogP contribution in [0.2, 0.25) is 5.02 Å². The normalized spacial score (nSPS) is 12.5. The summed E-state index contributed by atoms with van der Waals surface area (Å²) >= 11 is 5.94. The van der Waals surface area contributed by atoms with Crippen LogP contribution >= 0.6 is 11.6 Å². The fourth-order valence-electron chi connectivity index (χ4n) is 2.14. The minimum absolute atomic E-state index is 0.107. The van der Waals surface area contributed by atoms with Crippen LogP contribution in [-0.4, -0.2) is 27.5 Å². The minimum Gasteiger partial charge on any atom is -0.495 e. The molecule has 0 aromatic heterocycles. The lowest BCUT2D eigenvalue weighted by Crippen LogP contribution is -2.41. The van der Waals surface area contributed by atoms with Crippen LogP contribution in [0.15, 0.2) is 41.3 Å². The number of halogens is 2. The van der Waals surface area contributed by atoms with Crippen LogP contribution in [0.4, 0.5) is 10.1 Å². The minimum atomic E-state index is -3.99. The predicted octanol–water partition coefficient (Wildman–Crippen LogP) is 3.10. The molecule has 1 atom stereocenters. The van der Waals surface area contributed by atoms with Gasteiger partial charge in [0.05, 0.1) is 23.1 Å². The molecule has 0 saturated carbocycles. The van der Waals surface area contributed by atoms with Crippen molar-refractivity contribution in [2.24, 2.45) is 0 Å². The molecule has 140 valence electrons. The van der Waals surface area contributed by atoms with E-state index in [1.165, 1.54) is 44.4 Å². The average molecular weight is 401 g/mol. The zero-order valence-corrected chi connectivity index (χ0v) is 15.9. The van der Waals surface area contributed by atoms with E-state index in [-0.39, 0.29) is 15.6 Å². The van der Waals surface area contributed by atoms with Gasteiger partial charge in [-0.25, -0.2) is 12.8 Å². The van der Waals surface area contributed by atoms with E-state index in [1.54, 1.807) is 6.92 Å². The number of aryl methyl sites for hydroxylation is 1. The Labute approximate surface area is 156 Å². The van der Waals surface area contributed by atoms with Gasteiger partial charge in [0.2, 0.25) is 15.9 Å². The number of carbonyl (C=O) groups excluding carboxylic acids is 1. The molecule has 2 aromatic carbocycles. The van der Waals surface area contributed by atoms with Gasteiger partial charge in [-0.05, 0) is 49.7 Å². The predicted molar refractivity (Wildman–Crippen MR) is 97.6 cm³/mol. The first-order valence-electron chi connectivity index (χ1n) is 7.57. The highest BCUT2D eigenvalue weighted by atomic mass is 35.5. The summed E-state index contributed by atoms with van der Waals surface area (Å²) in [6, 6.07) is 6.81. The Kier molecular flexibility index (Phi) is 6.22. The molecule has 1 amide bonds. The first-order chi connectivity index (χ1) is 12.1. The van der Waals surface area contributed by atoms with Crippen LogP contribution in [0.25, 0.3) is 0 Å². The summed E-state index contributed by atoms with van der Waals surface area (Å²) in [5.41, 5.74) is 0.922. The SMILES string of the molecule is COc1ccc(S(=O)(=O)NC(C)C(=O)Nc2cc(F)ccc2C)cc1Cl. The van der Waals surface area contributed by atoms with Crippen LogP contribution < -0.4 is 14.8 Å². The van der Waals surface area contributed by atoms with Gasteiger partial charge in [0, 0.05) is 5.69 Å². The van der Waals surface area contributed by atoms with Crippen molar-refractivity contribution in [3.63, 3.8) is 0 Å². The maximum Gasteiger partial charge on any atom is 0.242 e. The average Bonchev–Trinajstić information content (AvgIpc) is 2.57. The number of hydrogen-bond acceptors (Lipinski definition) is 4. The molecule has 0 spiro atoms. The number of benzene rings is 2. The Morgan fingerprint density at radius 3 is 2.54 bits per heavy atom. The van der Waals surface area contributed by atoms with E-state index in [1.807, 2.05) is 0 Å². The highest BCUT2D eigenvalue weighted by Gasteiger charge is 2.23. The molecule has 0 bridgehead atoms. The summed E-state index contributed by atoms with van der Waals surface area (Å²) in [5.74, 6) is -0.799. The topological polar surface area (TPSA) is 84.5 Å². The fraction of sp³-hybridized carbons (Fsp3) is 0.235. The van der Waals surface area contributed by atoms with E-state index in [2.05, 4.69) is 10.0 Å². The van der Waals surface area contributed by atoms with E-state index in [4.69, 9.17) is 16.3 Å². The smallest absolute Gasteiger partial charge is 0.242 e. The molecular formula is C17H18ClFN2O4S. The number of anilines is 1. The second-order valence-corrected chi connectivity index (χ2v) is 7.71. The summed E-state index contributed by atoms with van der Waals surface area (Å²) in [5, 5.41) is 2.63. The fourth-order valence-corrected chi connectivity index (χ4v) is 3.69. The molecule has 0 aliphatic carbocycles. The quantitative estimate of drug-likeness (QED) is 0.780. The molecule has 0 heterocycles. The van der Waals surface area contributed by atoms with Crippen LogP contribution in [0.3, 0.4) is 0 Å². The van der Waals surface area contributed by atoms with E-state index in [9.17, 15) is 17.6 Å². The molecule has 26 heavy (non-hydrogen) atoms. The highest BCUT2D eigenvalue weighted by Crippen LogP contribution is 2.27. The van der Waals surface area contributed by atoms with Gasteiger partial charge in [-0.2, -0.15) is 4.72 Å². The van der Waals surface area contributed by atoms with Gasteiger partial charge >= 0.3 is 0 Å². The molecule has 0 fully saturated rings. The highest BCUT2D eigenvalue weighted by molar-refractivity contribution is 7.89. The number of amides is 1. The molecule has 0 radical (unpaired) electrons. The standard InChI is InChI=1S/C17H18ClFN2O4S/c1-10-4-5-12(19)8-15(10)20-17(22)11(2)21-26(23,24)13-6-7-16(25-3)14(18)9-13/h4-9,11,21H,1-3H3,(H,20,22). The third kappa shape index (κ3) is 4.72. The molecule has 0 aliphatic heterocycles. The summed E-state index contributed by atoms with van der Waals surface area (Å²) in [4.78, 5) is 12.1. The first-order valence-corrected chi connectivity index (χ1v) is 9.43. The number of rotatable bonds is 6. The van der Waals surface area contributed by atoms with E-state index >= 15 is 0 Å². The van der Waals surface area contributed by atoms with Gasteiger partial charge in [-0.3, -0.25) is 4.79 Å². The number of sulfonamides is 1. The van der Waals surface area contributed by atoms with Crippen LogP contribution in [0.5, 0.6) is 5.75 Å². The molecule has 1 unspecified atom stereocenters. The molecule has 9 heteroatoms. The van der Waals surface area contributed by atoms with Crippen LogP contribution in [-0.2, 0) is 14.8 Å². The maximum atomic E-state index is 13.3. The van der Waals surface area contributed by atoms with Gasteiger partial charge in [0.15, 0.2) is 0 Å². The third-order valence-corrected chi connectivity index (χ3v) is 5.45. The molecule has 2 rings (SSSR count). The second kappa shape index (κ2) is 8.03. The summed E-state index contributed by atoms with van der Waals surface area (Å²) in [7, 11) is -2.58. The molecular weight excluding hydrogens is 383 g/mol. The number of hydrogen-bond donors (Lipinski definition) is 2. The summed E-state index contributed by atoms with van der Waals surface area (Å²) in [6.45, 7) is 3.08. The molecule has 2 N–H and O–H groups in total. The van der Waals surface area contributed by atoms with E-state index in [0.29, 0.717) is 11.3 Å². The van der Waals surface area contributed by atoms with Gasteiger partial charge < -0.3 is 10.1 Å². The molecule has 0 aliphatic rings. The Morgan fingerprint density at radius 2 is 1.92 bits per heavy atom. The van der Waals surface area contributed by atoms with E-state index in [0.717, 1.165) is 6.07 Å². The van der Waals surface area contributed by atoms with Gasteiger partial charge in [0.1, 0.15) is 11.6 Å². The molecule has 0 saturated heterocycles. The first kappa shape index (κ1) is 20.2. The van der Waals surface area contributed by atoms with Crippen molar-refractivity contribution in [3.05, 3.63) is 52.8 Å². The van der Waals surface area contributed by atoms with Crippen molar-refractivity contribution in [2.45, 2.75) is 24.8 Å². The largest absolute Gasteiger partial charge is 0.495 e. The van der Waals surface area contributed by atoms with Crippen molar-refractivity contribution in [3.8, 4) is 5.75 Å².